The number of nitrogens with one attached hydrogen (secondary N) is 1. The molecular weight excluding hydrogens is 348 g/mol. The molecule has 0 aromatic heterocycles. The Kier molecular flexibility index (Phi) is 6.80. The molecule has 0 saturated carbocycles. The smallest absolute Gasteiger partial charge is 0.234 e. The zero-order valence-electron chi connectivity index (χ0n) is 14.9. The fraction of sp³-hybridized carbons (Fsp3) is 0.350. The molecular formula is C20H24N2O3S. The molecule has 0 bridgehead atoms. The van der Waals surface area contributed by atoms with Gasteiger partial charge in [0, 0.05) is 29.4 Å². The SMILES string of the molecule is CCOc1ccc(SCC(=O)Nc2ccc(N3CCOCC3)cc2)cc1. The number of nitrogens with zero attached hydrogens (tertiary/aromatic N) is 1. The molecule has 0 radical (unpaired) electrons. The molecule has 1 aliphatic heterocycles. The van der Waals surface area contributed by atoms with E-state index in [4.69, 9.17) is 9.47 Å². The maximum absolute atomic E-state index is 12.2. The molecule has 1 saturated heterocycles. The van der Waals surface area contributed by atoms with Crippen LogP contribution < -0.4 is 15.0 Å². The average molecular weight is 372 g/mol. The molecule has 138 valence electrons. The van der Waals surface area contributed by atoms with Crippen LogP contribution in [0.1, 0.15) is 6.92 Å². The van der Waals surface area contributed by atoms with Gasteiger partial charge in [0.05, 0.1) is 25.6 Å². The highest BCUT2D eigenvalue weighted by Crippen LogP contribution is 2.22. The van der Waals surface area contributed by atoms with Gasteiger partial charge in [-0.2, -0.15) is 0 Å². The molecule has 1 aliphatic rings. The lowest BCUT2D eigenvalue weighted by molar-refractivity contribution is -0.113. The zero-order valence-corrected chi connectivity index (χ0v) is 15.8. The second kappa shape index (κ2) is 9.50. The summed E-state index contributed by atoms with van der Waals surface area (Å²) in [5.74, 6) is 1.21. The van der Waals surface area contributed by atoms with Gasteiger partial charge in [0.25, 0.3) is 0 Å². The second-order valence-electron chi connectivity index (χ2n) is 5.89. The first-order chi connectivity index (χ1) is 12.7. The second-order valence-corrected chi connectivity index (χ2v) is 6.94. The van der Waals surface area contributed by atoms with Gasteiger partial charge in [-0.15, -0.1) is 11.8 Å². The fourth-order valence-electron chi connectivity index (χ4n) is 2.72. The van der Waals surface area contributed by atoms with Crippen molar-refractivity contribution in [3.63, 3.8) is 0 Å². The lowest BCUT2D eigenvalue weighted by atomic mass is 10.2. The monoisotopic (exact) mass is 372 g/mol. The summed E-state index contributed by atoms with van der Waals surface area (Å²) >= 11 is 1.51. The van der Waals surface area contributed by atoms with Crippen molar-refractivity contribution in [1.82, 2.24) is 0 Å². The van der Waals surface area contributed by atoms with Crippen molar-refractivity contribution in [2.24, 2.45) is 0 Å². The van der Waals surface area contributed by atoms with E-state index in [-0.39, 0.29) is 5.91 Å². The molecule has 1 fully saturated rings. The number of hydrogen-bond acceptors (Lipinski definition) is 5. The minimum absolute atomic E-state index is 0.0111. The van der Waals surface area contributed by atoms with Gasteiger partial charge < -0.3 is 19.7 Å². The van der Waals surface area contributed by atoms with E-state index in [1.54, 1.807) is 0 Å². The Labute approximate surface area is 158 Å². The van der Waals surface area contributed by atoms with Crippen LogP contribution in [0.2, 0.25) is 0 Å². The summed E-state index contributed by atoms with van der Waals surface area (Å²) < 4.78 is 10.8. The molecule has 0 atom stereocenters. The summed E-state index contributed by atoms with van der Waals surface area (Å²) in [7, 11) is 0. The summed E-state index contributed by atoms with van der Waals surface area (Å²) in [6.07, 6.45) is 0. The third kappa shape index (κ3) is 5.41. The number of carbonyl (C=O) groups excluding carboxylic acids is 1. The number of anilines is 2. The van der Waals surface area contributed by atoms with E-state index in [0.717, 1.165) is 48.3 Å². The van der Waals surface area contributed by atoms with Crippen molar-refractivity contribution in [1.29, 1.82) is 0 Å². The summed E-state index contributed by atoms with van der Waals surface area (Å²) in [6, 6.07) is 15.8. The number of thioether (sulfide) groups is 1. The maximum Gasteiger partial charge on any atom is 0.234 e. The Morgan fingerprint density at radius 2 is 1.81 bits per heavy atom. The van der Waals surface area contributed by atoms with E-state index in [1.807, 2.05) is 55.5 Å². The first-order valence-corrected chi connectivity index (χ1v) is 9.81. The zero-order chi connectivity index (χ0) is 18.2. The molecule has 0 unspecified atom stereocenters. The number of carbonyl (C=O) groups is 1. The van der Waals surface area contributed by atoms with Crippen molar-refractivity contribution in [2.75, 3.05) is 48.9 Å². The van der Waals surface area contributed by atoms with E-state index in [2.05, 4.69) is 10.2 Å². The summed E-state index contributed by atoms with van der Waals surface area (Å²) in [5.41, 5.74) is 1.98. The molecule has 1 heterocycles. The van der Waals surface area contributed by atoms with Crippen LogP contribution in [0.4, 0.5) is 11.4 Å². The summed E-state index contributed by atoms with van der Waals surface area (Å²) in [4.78, 5) is 15.5. The van der Waals surface area contributed by atoms with Gasteiger partial charge in [0.2, 0.25) is 5.91 Å². The van der Waals surface area contributed by atoms with E-state index in [0.29, 0.717) is 12.4 Å². The normalized spacial score (nSPS) is 14.1. The van der Waals surface area contributed by atoms with Gasteiger partial charge in [-0.25, -0.2) is 0 Å². The predicted molar refractivity (Wildman–Crippen MR) is 106 cm³/mol. The number of amides is 1. The van der Waals surface area contributed by atoms with Crippen LogP contribution in [-0.4, -0.2) is 44.6 Å². The molecule has 5 nitrogen and oxygen atoms in total. The Bertz CT molecular complexity index is 698. The third-order valence-corrected chi connectivity index (χ3v) is 5.04. The van der Waals surface area contributed by atoms with Crippen LogP contribution in [0, 0.1) is 0 Å². The van der Waals surface area contributed by atoms with E-state index >= 15 is 0 Å². The predicted octanol–water partition coefficient (Wildman–Crippen LogP) is 3.65. The number of ether oxygens (including phenoxy) is 2. The highest BCUT2D eigenvalue weighted by molar-refractivity contribution is 8.00. The topological polar surface area (TPSA) is 50.8 Å². The molecule has 0 spiro atoms. The van der Waals surface area contributed by atoms with Crippen LogP contribution in [0.25, 0.3) is 0 Å². The first kappa shape index (κ1) is 18.6. The van der Waals surface area contributed by atoms with Gasteiger partial charge in [-0.3, -0.25) is 4.79 Å². The molecule has 2 aromatic rings. The summed E-state index contributed by atoms with van der Waals surface area (Å²) in [5, 5.41) is 2.95. The Balaban J connectivity index is 1.46. The molecule has 2 aromatic carbocycles. The largest absolute Gasteiger partial charge is 0.494 e. The van der Waals surface area contributed by atoms with Crippen LogP contribution in [0.3, 0.4) is 0 Å². The van der Waals surface area contributed by atoms with Crippen molar-refractivity contribution < 1.29 is 14.3 Å². The minimum Gasteiger partial charge on any atom is -0.494 e. The third-order valence-electron chi connectivity index (χ3n) is 4.03. The Morgan fingerprint density at radius 1 is 1.12 bits per heavy atom. The number of hydrogen-bond donors (Lipinski definition) is 1. The lowest BCUT2D eigenvalue weighted by Crippen LogP contribution is -2.36. The van der Waals surface area contributed by atoms with Crippen molar-refractivity contribution in [2.45, 2.75) is 11.8 Å². The van der Waals surface area contributed by atoms with Gasteiger partial charge in [-0.05, 0) is 55.5 Å². The van der Waals surface area contributed by atoms with Crippen LogP contribution in [-0.2, 0) is 9.53 Å². The highest BCUT2D eigenvalue weighted by atomic mass is 32.2. The van der Waals surface area contributed by atoms with Crippen LogP contribution in [0.15, 0.2) is 53.4 Å². The Morgan fingerprint density at radius 3 is 2.46 bits per heavy atom. The van der Waals surface area contributed by atoms with Crippen LogP contribution in [0.5, 0.6) is 5.75 Å². The van der Waals surface area contributed by atoms with Crippen molar-refractivity contribution >= 4 is 29.0 Å². The molecule has 6 heteroatoms. The maximum atomic E-state index is 12.2. The number of morpholine rings is 1. The first-order valence-electron chi connectivity index (χ1n) is 8.83. The standard InChI is InChI=1S/C20H24N2O3S/c1-2-25-18-7-9-19(10-8-18)26-15-20(23)21-16-3-5-17(6-4-16)22-11-13-24-14-12-22/h3-10H,2,11-15H2,1H3,(H,21,23). The molecule has 1 N–H and O–H groups in total. The van der Waals surface area contributed by atoms with Crippen molar-refractivity contribution in [3.8, 4) is 5.75 Å². The number of benzene rings is 2. The highest BCUT2D eigenvalue weighted by Gasteiger charge is 2.11. The van der Waals surface area contributed by atoms with Gasteiger partial charge in [-0.1, -0.05) is 0 Å². The quantitative estimate of drug-likeness (QED) is 0.752. The minimum atomic E-state index is -0.0111. The van der Waals surface area contributed by atoms with Gasteiger partial charge >= 0.3 is 0 Å². The van der Waals surface area contributed by atoms with E-state index in [1.165, 1.54) is 11.8 Å². The molecule has 1 amide bonds. The molecule has 3 rings (SSSR count). The number of rotatable bonds is 7. The lowest BCUT2D eigenvalue weighted by Gasteiger charge is -2.28. The fourth-order valence-corrected chi connectivity index (χ4v) is 3.42. The average Bonchev–Trinajstić information content (AvgIpc) is 2.69. The Hall–Kier alpha value is -2.18. The van der Waals surface area contributed by atoms with Crippen molar-refractivity contribution in [3.05, 3.63) is 48.5 Å². The molecule has 0 aliphatic carbocycles. The van der Waals surface area contributed by atoms with Gasteiger partial charge in [0.1, 0.15) is 5.75 Å². The van der Waals surface area contributed by atoms with Gasteiger partial charge in [0.15, 0.2) is 0 Å². The molecule has 26 heavy (non-hydrogen) atoms. The van der Waals surface area contributed by atoms with E-state index < -0.39 is 0 Å². The van der Waals surface area contributed by atoms with Crippen LogP contribution >= 0.6 is 11.8 Å². The van der Waals surface area contributed by atoms with E-state index in [9.17, 15) is 4.79 Å². The summed E-state index contributed by atoms with van der Waals surface area (Å²) in [6.45, 7) is 5.96.